The van der Waals surface area contributed by atoms with E-state index in [1.807, 2.05) is 25.1 Å². The second kappa shape index (κ2) is 3.92. The Morgan fingerprint density at radius 1 is 1.43 bits per heavy atom. The first-order valence-electron chi connectivity index (χ1n) is 4.36. The molecule has 0 saturated heterocycles. The number of pyridine rings is 1. The maximum absolute atomic E-state index is 4.26. The Hall–Kier alpha value is -1.16. The molecule has 0 aromatic carbocycles. The third-order valence-corrected chi connectivity index (χ3v) is 2.59. The molecule has 72 valence electrons. The number of rotatable bonds is 2. The topological polar surface area (TPSA) is 41.6 Å². The third-order valence-electron chi connectivity index (χ3n) is 1.93. The Morgan fingerprint density at radius 2 is 2.29 bits per heavy atom. The Bertz CT molecular complexity index is 422. The van der Waals surface area contributed by atoms with Crippen LogP contribution in [0, 0.1) is 6.92 Å². The number of nitrogens with zero attached hydrogens (tertiary/aromatic N) is 2. The van der Waals surface area contributed by atoms with Crippen molar-refractivity contribution in [1.82, 2.24) is 15.0 Å². The summed E-state index contributed by atoms with van der Waals surface area (Å²) in [6.45, 7) is 1.94. The highest BCUT2D eigenvalue weighted by molar-refractivity contribution is 9.10. The molecular formula is C10H10BrN3. The van der Waals surface area contributed by atoms with Gasteiger partial charge in [-0.3, -0.25) is 4.98 Å². The van der Waals surface area contributed by atoms with Crippen LogP contribution in [0.25, 0.3) is 0 Å². The van der Waals surface area contributed by atoms with Gasteiger partial charge in [-0.1, -0.05) is 6.07 Å². The van der Waals surface area contributed by atoms with Crippen molar-refractivity contribution in [3.63, 3.8) is 0 Å². The van der Waals surface area contributed by atoms with E-state index in [1.54, 1.807) is 6.20 Å². The summed E-state index contributed by atoms with van der Waals surface area (Å²) in [4.78, 5) is 11.7. The summed E-state index contributed by atoms with van der Waals surface area (Å²) < 4.78 is 0.876. The zero-order valence-corrected chi connectivity index (χ0v) is 9.37. The van der Waals surface area contributed by atoms with Crippen molar-refractivity contribution in [2.75, 3.05) is 0 Å². The van der Waals surface area contributed by atoms with Crippen molar-refractivity contribution < 1.29 is 0 Å². The average molecular weight is 252 g/mol. The summed E-state index contributed by atoms with van der Waals surface area (Å²) in [6, 6.07) is 5.90. The van der Waals surface area contributed by atoms with Crippen molar-refractivity contribution in [2.24, 2.45) is 0 Å². The van der Waals surface area contributed by atoms with Crippen LogP contribution in [0.4, 0.5) is 0 Å². The predicted octanol–water partition coefficient (Wildman–Crippen LogP) is 2.47. The molecule has 2 aromatic heterocycles. The Labute approximate surface area is 90.7 Å². The van der Waals surface area contributed by atoms with Gasteiger partial charge >= 0.3 is 0 Å². The highest BCUT2D eigenvalue weighted by Gasteiger charge is 2.05. The molecule has 0 amide bonds. The number of halogens is 1. The second-order valence-electron chi connectivity index (χ2n) is 3.09. The zero-order valence-electron chi connectivity index (χ0n) is 7.79. The fraction of sp³-hybridized carbons (Fsp3) is 0.200. The lowest BCUT2D eigenvalue weighted by Crippen LogP contribution is -1.92. The van der Waals surface area contributed by atoms with E-state index in [9.17, 15) is 0 Å². The number of aromatic nitrogens is 3. The molecule has 0 fully saturated rings. The number of H-pyrrole nitrogens is 1. The molecule has 0 bridgehead atoms. The van der Waals surface area contributed by atoms with Gasteiger partial charge in [0.2, 0.25) is 0 Å². The molecule has 1 N–H and O–H groups in total. The third kappa shape index (κ3) is 2.01. The maximum atomic E-state index is 4.26. The molecule has 0 radical (unpaired) electrons. The molecule has 0 spiro atoms. The molecule has 0 saturated carbocycles. The molecule has 0 aliphatic heterocycles. The number of imidazole rings is 1. The van der Waals surface area contributed by atoms with E-state index in [-0.39, 0.29) is 0 Å². The van der Waals surface area contributed by atoms with Crippen molar-refractivity contribution in [3.8, 4) is 0 Å². The van der Waals surface area contributed by atoms with Crippen LogP contribution in [0.5, 0.6) is 0 Å². The van der Waals surface area contributed by atoms with Crippen molar-refractivity contribution in [1.29, 1.82) is 0 Å². The predicted molar refractivity (Wildman–Crippen MR) is 58.1 cm³/mol. The summed E-state index contributed by atoms with van der Waals surface area (Å²) in [5, 5.41) is 0. The number of aromatic amines is 1. The van der Waals surface area contributed by atoms with Gasteiger partial charge in [-0.15, -0.1) is 0 Å². The fourth-order valence-electron chi connectivity index (χ4n) is 1.31. The standard InChI is InChI=1S/C10H10BrN3/c1-7-13-9(10(11)14-7)6-8-4-2-3-5-12-8/h2-5H,6H2,1H3,(H,13,14). The normalized spacial score (nSPS) is 10.4. The fourth-order valence-corrected chi connectivity index (χ4v) is 1.82. The molecule has 0 unspecified atom stereocenters. The summed E-state index contributed by atoms with van der Waals surface area (Å²) in [5.74, 6) is 0.919. The van der Waals surface area contributed by atoms with Crippen LogP contribution < -0.4 is 0 Å². The Kier molecular flexibility index (Phi) is 2.63. The lowest BCUT2D eigenvalue weighted by molar-refractivity contribution is 1.01. The first-order chi connectivity index (χ1) is 6.75. The van der Waals surface area contributed by atoms with E-state index in [2.05, 4.69) is 30.9 Å². The molecule has 2 rings (SSSR count). The van der Waals surface area contributed by atoms with E-state index in [0.717, 1.165) is 28.2 Å². The first kappa shape index (κ1) is 9.40. The quantitative estimate of drug-likeness (QED) is 0.891. The summed E-state index contributed by atoms with van der Waals surface area (Å²) in [7, 11) is 0. The molecule has 3 nitrogen and oxygen atoms in total. The van der Waals surface area contributed by atoms with E-state index in [1.165, 1.54) is 0 Å². The van der Waals surface area contributed by atoms with Gasteiger partial charge in [0.15, 0.2) is 0 Å². The minimum absolute atomic E-state index is 0.780. The molecule has 14 heavy (non-hydrogen) atoms. The smallest absolute Gasteiger partial charge is 0.127 e. The molecule has 4 heteroatoms. The van der Waals surface area contributed by atoms with Gasteiger partial charge in [0.25, 0.3) is 0 Å². The number of nitrogens with one attached hydrogen (secondary N) is 1. The van der Waals surface area contributed by atoms with Crippen LogP contribution in [0.3, 0.4) is 0 Å². The molecule has 0 atom stereocenters. The molecule has 0 aliphatic carbocycles. The van der Waals surface area contributed by atoms with E-state index in [4.69, 9.17) is 0 Å². The SMILES string of the molecule is Cc1nc(Br)c(Cc2ccccn2)[nH]1. The highest BCUT2D eigenvalue weighted by atomic mass is 79.9. The lowest BCUT2D eigenvalue weighted by atomic mass is 10.2. The summed E-state index contributed by atoms with van der Waals surface area (Å²) >= 11 is 3.40. The van der Waals surface area contributed by atoms with Gasteiger partial charge in [-0.25, -0.2) is 4.98 Å². The van der Waals surface area contributed by atoms with Crippen molar-refractivity contribution in [2.45, 2.75) is 13.3 Å². The van der Waals surface area contributed by atoms with E-state index < -0.39 is 0 Å². The van der Waals surface area contributed by atoms with E-state index in [0.29, 0.717) is 0 Å². The molecule has 0 aliphatic rings. The van der Waals surface area contributed by atoms with Crippen LogP contribution >= 0.6 is 15.9 Å². The van der Waals surface area contributed by atoms with Gasteiger partial charge in [0.05, 0.1) is 5.69 Å². The Morgan fingerprint density at radius 3 is 2.86 bits per heavy atom. The van der Waals surface area contributed by atoms with Crippen LogP contribution in [-0.2, 0) is 6.42 Å². The van der Waals surface area contributed by atoms with Gasteiger partial charge in [-0.2, -0.15) is 0 Å². The highest BCUT2D eigenvalue weighted by Crippen LogP contribution is 2.16. The molecular weight excluding hydrogens is 242 g/mol. The number of hydrogen-bond donors (Lipinski definition) is 1. The number of aryl methyl sites for hydroxylation is 1. The minimum Gasteiger partial charge on any atom is -0.345 e. The monoisotopic (exact) mass is 251 g/mol. The largest absolute Gasteiger partial charge is 0.345 e. The number of hydrogen-bond acceptors (Lipinski definition) is 2. The van der Waals surface area contributed by atoms with Crippen LogP contribution in [0.1, 0.15) is 17.2 Å². The summed E-state index contributed by atoms with van der Waals surface area (Å²) in [6.07, 6.45) is 2.58. The lowest BCUT2D eigenvalue weighted by Gasteiger charge is -1.97. The average Bonchev–Trinajstić information content (AvgIpc) is 2.47. The maximum Gasteiger partial charge on any atom is 0.127 e. The van der Waals surface area contributed by atoms with Crippen LogP contribution in [-0.4, -0.2) is 15.0 Å². The molecule has 2 heterocycles. The summed E-state index contributed by atoms with van der Waals surface area (Å²) in [5.41, 5.74) is 2.11. The van der Waals surface area contributed by atoms with Gasteiger partial charge in [0.1, 0.15) is 10.4 Å². The van der Waals surface area contributed by atoms with Crippen LogP contribution in [0.2, 0.25) is 0 Å². The van der Waals surface area contributed by atoms with Crippen molar-refractivity contribution >= 4 is 15.9 Å². The first-order valence-corrected chi connectivity index (χ1v) is 5.16. The minimum atomic E-state index is 0.780. The van der Waals surface area contributed by atoms with Crippen molar-refractivity contribution in [3.05, 3.63) is 46.2 Å². The van der Waals surface area contributed by atoms with Crippen LogP contribution in [0.15, 0.2) is 29.0 Å². The van der Waals surface area contributed by atoms with Gasteiger partial charge in [-0.05, 0) is 35.0 Å². The Balaban J connectivity index is 2.23. The zero-order chi connectivity index (χ0) is 9.97. The second-order valence-corrected chi connectivity index (χ2v) is 3.84. The van der Waals surface area contributed by atoms with Gasteiger partial charge in [0, 0.05) is 18.3 Å². The van der Waals surface area contributed by atoms with Gasteiger partial charge < -0.3 is 4.98 Å². The molecule has 2 aromatic rings. The van der Waals surface area contributed by atoms with E-state index >= 15 is 0 Å².